The second-order valence-corrected chi connectivity index (χ2v) is 7.49. The van der Waals surface area contributed by atoms with E-state index in [2.05, 4.69) is 44.7 Å². The summed E-state index contributed by atoms with van der Waals surface area (Å²) < 4.78 is 5.17. The Morgan fingerprint density at radius 3 is 2.88 bits per heavy atom. The fourth-order valence-electron chi connectivity index (χ4n) is 3.09. The minimum Gasteiger partial charge on any atom is -0.383 e. The lowest BCUT2D eigenvalue weighted by atomic mass is 9.97. The highest BCUT2D eigenvalue weighted by Gasteiger charge is 2.19. The number of hydrogen-bond donors (Lipinski definition) is 1. The normalized spacial score (nSPS) is 17.2. The van der Waals surface area contributed by atoms with Crippen molar-refractivity contribution in [2.45, 2.75) is 19.3 Å². The van der Waals surface area contributed by atoms with Gasteiger partial charge in [-0.3, -0.25) is 4.99 Å². The van der Waals surface area contributed by atoms with Crippen molar-refractivity contribution in [1.29, 1.82) is 0 Å². The van der Waals surface area contributed by atoms with Crippen LogP contribution in [0.5, 0.6) is 0 Å². The van der Waals surface area contributed by atoms with E-state index in [4.69, 9.17) is 4.74 Å². The Hall–Kier alpha value is -1.11. The Bertz CT molecular complexity index is 469. The molecule has 5 nitrogen and oxygen atoms in total. The van der Waals surface area contributed by atoms with Crippen LogP contribution in [-0.2, 0) is 11.2 Å². The average Bonchev–Trinajstić information content (AvgIpc) is 3.13. The summed E-state index contributed by atoms with van der Waals surface area (Å²) >= 11 is 1.83. The number of likely N-dealkylation sites (tertiary alicyclic amines) is 1. The van der Waals surface area contributed by atoms with E-state index in [0.29, 0.717) is 0 Å². The molecule has 136 valence electrons. The molecule has 24 heavy (non-hydrogen) atoms. The van der Waals surface area contributed by atoms with Gasteiger partial charge < -0.3 is 19.9 Å². The van der Waals surface area contributed by atoms with Crippen molar-refractivity contribution in [3.05, 3.63) is 22.4 Å². The first-order chi connectivity index (χ1) is 11.7. The molecule has 0 aromatic carbocycles. The van der Waals surface area contributed by atoms with Gasteiger partial charge >= 0.3 is 0 Å². The summed E-state index contributed by atoms with van der Waals surface area (Å²) in [5.74, 6) is 1.75. The van der Waals surface area contributed by atoms with Gasteiger partial charge in [-0.2, -0.15) is 0 Å². The summed E-state index contributed by atoms with van der Waals surface area (Å²) in [6, 6.07) is 4.32. The third-order valence-electron chi connectivity index (χ3n) is 4.71. The number of methoxy groups -OCH3 is 1. The highest BCUT2D eigenvalue weighted by molar-refractivity contribution is 7.09. The van der Waals surface area contributed by atoms with Gasteiger partial charge in [0, 0.05) is 45.7 Å². The monoisotopic (exact) mass is 352 g/mol. The van der Waals surface area contributed by atoms with Crippen LogP contribution in [0.15, 0.2) is 22.5 Å². The van der Waals surface area contributed by atoms with Crippen LogP contribution >= 0.6 is 11.3 Å². The number of nitrogens with zero attached hydrogens (tertiary/aromatic N) is 3. The predicted octanol–water partition coefficient (Wildman–Crippen LogP) is 2.16. The van der Waals surface area contributed by atoms with Gasteiger partial charge in [0.15, 0.2) is 5.96 Å². The summed E-state index contributed by atoms with van der Waals surface area (Å²) in [5, 5.41) is 5.70. The zero-order valence-electron chi connectivity index (χ0n) is 15.3. The van der Waals surface area contributed by atoms with Gasteiger partial charge in [-0.05, 0) is 49.7 Å². The maximum absolute atomic E-state index is 5.17. The van der Waals surface area contributed by atoms with Gasteiger partial charge in [-0.1, -0.05) is 6.07 Å². The first kappa shape index (κ1) is 19.2. The summed E-state index contributed by atoms with van der Waals surface area (Å²) in [6.45, 7) is 6.28. The number of ether oxygens (including phenoxy) is 1. The van der Waals surface area contributed by atoms with Crippen molar-refractivity contribution >= 4 is 17.3 Å². The highest BCUT2D eigenvalue weighted by Crippen LogP contribution is 2.16. The second kappa shape index (κ2) is 10.7. The number of thiophene rings is 1. The number of nitrogens with one attached hydrogen (secondary N) is 1. The fraction of sp³-hybridized carbons (Fsp3) is 0.722. The van der Waals surface area contributed by atoms with E-state index in [9.17, 15) is 0 Å². The van der Waals surface area contributed by atoms with Crippen LogP contribution < -0.4 is 5.32 Å². The third kappa shape index (κ3) is 6.42. The minimum absolute atomic E-state index is 0.742. The van der Waals surface area contributed by atoms with Crippen LogP contribution in [0, 0.1) is 5.92 Å². The largest absolute Gasteiger partial charge is 0.383 e. The quantitative estimate of drug-likeness (QED) is 0.575. The lowest BCUT2D eigenvalue weighted by Gasteiger charge is -2.32. The van der Waals surface area contributed by atoms with Crippen LogP contribution in [-0.4, -0.2) is 76.3 Å². The number of piperidine rings is 1. The van der Waals surface area contributed by atoms with Gasteiger partial charge in [0.25, 0.3) is 0 Å². The maximum atomic E-state index is 5.17. The molecular formula is C18H32N4OS. The van der Waals surface area contributed by atoms with Crippen molar-refractivity contribution in [3.63, 3.8) is 0 Å². The molecule has 0 radical (unpaired) electrons. The first-order valence-electron chi connectivity index (χ1n) is 8.88. The predicted molar refractivity (Wildman–Crippen MR) is 103 cm³/mol. The summed E-state index contributed by atoms with van der Waals surface area (Å²) in [7, 11) is 5.77. The van der Waals surface area contributed by atoms with Gasteiger partial charge in [-0.25, -0.2) is 0 Å². The molecule has 6 heteroatoms. The molecule has 1 aliphatic rings. The van der Waals surface area contributed by atoms with Gasteiger partial charge in [0.05, 0.1) is 6.61 Å². The molecule has 0 aliphatic carbocycles. The molecule has 1 saturated heterocycles. The Morgan fingerprint density at radius 1 is 1.46 bits per heavy atom. The molecular weight excluding hydrogens is 320 g/mol. The van der Waals surface area contributed by atoms with Crippen molar-refractivity contribution in [3.8, 4) is 0 Å². The van der Waals surface area contributed by atoms with E-state index >= 15 is 0 Å². The number of aliphatic imine (C=N–C) groups is 1. The Morgan fingerprint density at radius 2 is 2.25 bits per heavy atom. The van der Waals surface area contributed by atoms with Crippen LogP contribution in [0.4, 0.5) is 0 Å². The molecule has 0 spiro atoms. The van der Waals surface area contributed by atoms with Crippen LogP contribution in [0.1, 0.15) is 17.7 Å². The first-order valence-corrected chi connectivity index (χ1v) is 9.76. The number of rotatable bonds is 8. The molecule has 0 unspecified atom stereocenters. The molecule has 2 rings (SSSR count). The molecule has 0 bridgehead atoms. The average molecular weight is 353 g/mol. The number of hydrogen-bond acceptors (Lipinski definition) is 4. The second-order valence-electron chi connectivity index (χ2n) is 6.46. The van der Waals surface area contributed by atoms with E-state index in [0.717, 1.165) is 44.5 Å². The summed E-state index contributed by atoms with van der Waals surface area (Å²) in [4.78, 5) is 10.6. The fourth-order valence-corrected chi connectivity index (χ4v) is 3.79. The van der Waals surface area contributed by atoms with Crippen LogP contribution in [0.3, 0.4) is 0 Å². The third-order valence-corrected chi connectivity index (χ3v) is 5.65. The van der Waals surface area contributed by atoms with Crippen LogP contribution in [0.25, 0.3) is 0 Å². The van der Waals surface area contributed by atoms with Gasteiger partial charge in [0.1, 0.15) is 0 Å². The number of likely N-dealkylation sites (N-methyl/N-ethyl adjacent to an activating group) is 1. The SMILES string of the molecule is CN=C(NCC1CCN(CCOC)CC1)N(C)CCc1cccs1. The van der Waals surface area contributed by atoms with Crippen molar-refractivity contribution in [2.75, 3.05) is 60.5 Å². The van der Waals surface area contributed by atoms with E-state index in [1.807, 2.05) is 18.4 Å². The van der Waals surface area contributed by atoms with Crippen molar-refractivity contribution < 1.29 is 4.74 Å². The summed E-state index contributed by atoms with van der Waals surface area (Å²) in [5.41, 5.74) is 0. The summed E-state index contributed by atoms with van der Waals surface area (Å²) in [6.07, 6.45) is 3.59. The Labute approximate surface area is 150 Å². The van der Waals surface area contributed by atoms with Crippen molar-refractivity contribution in [2.24, 2.45) is 10.9 Å². The molecule has 2 heterocycles. The minimum atomic E-state index is 0.742. The molecule has 0 amide bonds. The molecule has 1 aliphatic heterocycles. The molecule has 1 fully saturated rings. The number of guanidine groups is 1. The topological polar surface area (TPSA) is 40.1 Å². The molecule has 1 N–H and O–H groups in total. The van der Waals surface area contributed by atoms with E-state index < -0.39 is 0 Å². The van der Waals surface area contributed by atoms with E-state index in [1.165, 1.54) is 30.8 Å². The lowest BCUT2D eigenvalue weighted by molar-refractivity contribution is 0.120. The standard InChI is InChI=1S/C18H32N4OS/c1-19-18(21(2)9-8-17-5-4-14-24-17)20-15-16-6-10-22(11-7-16)12-13-23-3/h4-5,14,16H,6-13,15H2,1-3H3,(H,19,20). The lowest BCUT2D eigenvalue weighted by Crippen LogP contribution is -2.44. The zero-order valence-corrected chi connectivity index (χ0v) is 16.1. The Balaban J connectivity index is 1.66. The van der Waals surface area contributed by atoms with E-state index in [1.54, 1.807) is 7.11 Å². The van der Waals surface area contributed by atoms with Crippen LogP contribution in [0.2, 0.25) is 0 Å². The molecule has 0 atom stereocenters. The molecule has 1 aromatic heterocycles. The van der Waals surface area contributed by atoms with E-state index in [-0.39, 0.29) is 0 Å². The van der Waals surface area contributed by atoms with Gasteiger partial charge in [0.2, 0.25) is 0 Å². The highest BCUT2D eigenvalue weighted by atomic mass is 32.1. The molecule has 0 saturated carbocycles. The molecule has 1 aromatic rings. The smallest absolute Gasteiger partial charge is 0.193 e. The maximum Gasteiger partial charge on any atom is 0.193 e. The van der Waals surface area contributed by atoms with Crippen molar-refractivity contribution in [1.82, 2.24) is 15.1 Å². The Kier molecular flexibility index (Phi) is 8.56. The zero-order chi connectivity index (χ0) is 17.2. The van der Waals surface area contributed by atoms with Gasteiger partial charge in [-0.15, -0.1) is 11.3 Å².